The molecule has 0 heterocycles. The van der Waals surface area contributed by atoms with Crippen molar-refractivity contribution in [1.29, 1.82) is 0 Å². The van der Waals surface area contributed by atoms with Crippen molar-refractivity contribution in [3.8, 4) is 0 Å². The molecule has 0 aromatic heterocycles. The van der Waals surface area contributed by atoms with Crippen molar-refractivity contribution in [3.05, 3.63) is 52.8 Å². The number of nitrogen functional groups attached to an aromatic ring is 1. The maximum Gasteiger partial charge on any atom is 0.143 e. The van der Waals surface area contributed by atoms with Crippen LogP contribution in [-0.4, -0.2) is 0 Å². The summed E-state index contributed by atoms with van der Waals surface area (Å²) in [5.41, 5.74) is 8.81. The second-order valence-electron chi connectivity index (χ2n) is 4.03. The van der Waals surface area contributed by atoms with Crippen LogP contribution in [0.1, 0.15) is 12.5 Å². The standard InChI is InChI=1S/C14H14ClFN2/c1-2-9-3-5-10(6-4-9)18-14-7-11(15)12(16)8-13(14)17/h3-8,18H,2,17H2,1H3. The number of rotatable bonds is 3. The van der Waals surface area contributed by atoms with Crippen LogP contribution >= 0.6 is 11.6 Å². The minimum Gasteiger partial charge on any atom is -0.397 e. The summed E-state index contributed by atoms with van der Waals surface area (Å²) in [5.74, 6) is -0.513. The summed E-state index contributed by atoms with van der Waals surface area (Å²) in [6, 6.07) is 10.7. The molecule has 0 fully saturated rings. The molecule has 0 saturated carbocycles. The molecule has 0 aliphatic rings. The summed E-state index contributed by atoms with van der Waals surface area (Å²) in [4.78, 5) is 0. The Morgan fingerprint density at radius 2 is 1.89 bits per heavy atom. The lowest BCUT2D eigenvalue weighted by Crippen LogP contribution is -1.97. The molecule has 0 radical (unpaired) electrons. The van der Waals surface area contributed by atoms with Crippen LogP contribution in [-0.2, 0) is 6.42 Å². The van der Waals surface area contributed by atoms with Crippen molar-refractivity contribution in [2.24, 2.45) is 0 Å². The summed E-state index contributed by atoms with van der Waals surface area (Å²) in [6.45, 7) is 2.10. The zero-order valence-electron chi connectivity index (χ0n) is 10.0. The zero-order valence-corrected chi connectivity index (χ0v) is 10.8. The Bertz CT molecular complexity index is 552. The highest BCUT2D eigenvalue weighted by Gasteiger charge is 2.06. The van der Waals surface area contributed by atoms with Gasteiger partial charge in [-0.15, -0.1) is 0 Å². The number of anilines is 3. The Balaban J connectivity index is 2.25. The topological polar surface area (TPSA) is 38.0 Å². The van der Waals surface area contributed by atoms with Crippen LogP contribution in [0, 0.1) is 5.82 Å². The van der Waals surface area contributed by atoms with E-state index in [1.165, 1.54) is 17.7 Å². The minimum absolute atomic E-state index is 0.0527. The molecule has 2 aromatic rings. The quantitative estimate of drug-likeness (QED) is 0.808. The van der Waals surface area contributed by atoms with Crippen molar-refractivity contribution in [1.82, 2.24) is 0 Å². The molecular formula is C14H14ClFN2. The molecule has 0 aliphatic heterocycles. The molecule has 0 bridgehead atoms. The van der Waals surface area contributed by atoms with Gasteiger partial charge in [-0.2, -0.15) is 0 Å². The first kappa shape index (κ1) is 12.7. The van der Waals surface area contributed by atoms with Gasteiger partial charge in [0.2, 0.25) is 0 Å². The average molecular weight is 265 g/mol. The maximum absolute atomic E-state index is 13.2. The van der Waals surface area contributed by atoms with Gasteiger partial charge in [-0.3, -0.25) is 0 Å². The summed E-state index contributed by atoms with van der Waals surface area (Å²) in [7, 11) is 0. The van der Waals surface area contributed by atoms with E-state index in [-0.39, 0.29) is 5.02 Å². The Morgan fingerprint density at radius 3 is 2.50 bits per heavy atom. The van der Waals surface area contributed by atoms with E-state index in [4.69, 9.17) is 17.3 Å². The van der Waals surface area contributed by atoms with Crippen molar-refractivity contribution >= 4 is 28.7 Å². The van der Waals surface area contributed by atoms with E-state index in [0.29, 0.717) is 11.4 Å². The van der Waals surface area contributed by atoms with E-state index in [0.717, 1.165) is 12.1 Å². The van der Waals surface area contributed by atoms with Crippen molar-refractivity contribution in [2.75, 3.05) is 11.1 Å². The van der Waals surface area contributed by atoms with Gasteiger partial charge in [-0.05, 0) is 30.2 Å². The summed E-state index contributed by atoms with van der Waals surface area (Å²) in [5, 5.41) is 3.17. The molecule has 0 amide bonds. The van der Waals surface area contributed by atoms with Gasteiger partial charge in [0.15, 0.2) is 0 Å². The van der Waals surface area contributed by atoms with Gasteiger partial charge in [0, 0.05) is 11.8 Å². The Morgan fingerprint density at radius 1 is 1.22 bits per heavy atom. The third-order valence-electron chi connectivity index (χ3n) is 2.73. The summed E-state index contributed by atoms with van der Waals surface area (Å²) >= 11 is 5.73. The fourth-order valence-electron chi connectivity index (χ4n) is 1.65. The van der Waals surface area contributed by atoms with Gasteiger partial charge in [0.25, 0.3) is 0 Å². The molecule has 2 rings (SSSR count). The smallest absolute Gasteiger partial charge is 0.143 e. The highest BCUT2D eigenvalue weighted by molar-refractivity contribution is 6.31. The minimum atomic E-state index is -0.513. The average Bonchev–Trinajstić information content (AvgIpc) is 2.37. The monoisotopic (exact) mass is 264 g/mol. The molecule has 0 saturated heterocycles. The van der Waals surface area contributed by atoms with Gasteiger partial charge in [0.1, 0.15) is 5.82 Å². The predicted octanol–water partition coefficient (Wildman–Crippen LogP) is 4.37. The lowest BCUT2D eigenvalue weighted by atomic mass is 10.1. The number of nitrogens with two attached hydrogens (primary N) is 1. The van der Waals surface area contributed by atoms with Crippen LogP contribution < -0.4 is 11.1 Å². The fourth-order valence-corrected chi connectivity index (χ4v) is 1.81. The zero-order chi connectivity index (χ0) is 13.1. The number of hydrogen-bond acceptors (Lipinski definition) is 2. The van der Waals surface area contributed by atoms with E-state index in [1.807, 2.05) is 24.3 Å². The lowest BCUT2D eigenvalue weighted by Gasteiger charge is -2.10. The first-order chi connectivity index (χ1) is 8.60. The highest BCUT2D eigenvalue weighted by Crippen LogP contribution is 2.28. The van der Waals surface area contributed by atoms with Crippen LogP contribution in [0.15, 0.2) is 36.4 Å². The fraction of sp³-hybridized carbons (Fsp3) is 0.143. The van der Waals surface area contributed by atoms with Gasteiger partial charge in [0.05, 0.1) is 16.4 Å². The molecular weight excluding hydrogens is 251 g/mol. The molecule has 2 aromatic carbocycles. The third-order valence-corrected chi connectivity index (χ3v) is 3.02. The van der Waals surface area contributed by atoms with Gasteiger partial charge in [-0.1, -0.05) is 30.7 Å². The van der Waals surface area contributed by atoms with E-state index in [1.54, 1.807) is 0 Å². The predicted molar refractivity (Wildman–Crippen MR) is 74.9 cm³/mol. The Labute approximate surface area is 111 Å². The molecule has 0 atom stereocenters. The second kappa shape index (κ2) is 5.27. The lowest BCUT2D eigenvalue weighted by molar-refractivity contribution is 0.629. The number of hydrogen-bond donors (Lipinski definition) is 2. The third kappa shape index (κ3) is 2.74. The number of nitrogens with one attached hydrogen (secondary N) is 1. The first-order valence-corrected chi connectivity index (χ1v) is 6.08. The normalized spacial score (nSPS) is 10.4. The van der Waals surface area contributed by atoms with Crippen LogP contribution in [0.5, 0.6) is 0 Å². The summed E-state index contributed by atoms with van der Waals surface area (Å²) < 4.78 is 13.2. The SMILES string of the molecule is CCc1ccc(Nc2cc(Cl)c(F)cc2N)cc1. The van der Waals surface area contributed by atoms with Crippen LogP contribution in [0.4, 0.5) is 21.5 Å². The molecule has 0 unspecified atom stereocenters. The van der Waals surface area contributed by atoms with E-state index < -0.39 is 5.82 Å². The van der Waals surface area contributed by atoms with E-state index in [9.17, 15) is 4.39 Å². The second-order valence-corrected chi connectivity index (χ2v) is 4.44. The molecule has 0 spiro atoms. The molecule has 18 heavy (non-hydrogen) atoms. The maximum atomic E-state index is 13.2. The van der Waals surface area contributed by atoms with Crippen molar-refractivity contribution in [3.63, 3.8) is 0 Å². The number of benzene rings is 2. The molecule has 0 aliphatic carbocycles. The van der Waals surface area contributed by atoms with Gasteiger partial charge < -0.3 is 11.1 Å². The summed E-state index contributed by atoms with van der Waals surface area (Å²) in [6.07, 6.45) is 0.991. The van der Waals surface area contributed by atoms with Crippen molar-refractivity contribution in [2.45, 2.75) is 13.3 Å². The van der Waals surface area contributed by atoms with Crippen LogP contribution in [0.25, 0.3) is 0 Å². The molecule has 94 valence electrons. The largest absolute Gasteiger partial charge is 0.397 e. The van der Waals surface area contributed by atoms with Crippen LogP contribution in [0.3, 0.4) is 0 Å². The van der Waals surface area contributed by atoms with Gasteiger partial charge >= 0.3 is 0 Å². The van der Waals surface area contributed by atoms with Crippen molar-refractivity contribution < 1.29 is 4.39 Å². The molecule has 3 N–H and O–H groups in total. The highest BCUT2D eigenvalue weighted by atomic mass is 35.5. The first-order valence-electron chi connectivity index (χ1n) is 5.70. The van der Waals surface area contributed by atoms with E-state index >= 15 is 0 Å². The number of halogens is 2. The van der Waals surface area contributed by atoms with E-state index in [2.05, 4.69) is 12.2 Å². The number of aryl methyl sites for hydroxylation is 1. The van der Waals surface area contributed by atoms with Gasteiger partial charge in [-0.25, -0.2) is 4.39 Å². The Kier molecular flexibility index (Phi) is 3.72. The molecule has 2 nitrogen and oxygen atoms in total. The van der Waals surface area contributed by atoms with Crippen LogP contribution in [0.2, 0.25) is 5.02 Å². The Hall–Kier alpha value is -1.74. The molecule has 4 heteroatoms.